The van der Waals surface area contributed by atoms with Gasteiger partial charge in [-0.1, -0.05) is 41.9 Å². The van der Waals surface area contributed by atoms with E-state index >= 15 is 0 Å². The lowest BCUT2D eigenvalue weighted by atomic mass is 9.96. The number of piperidine rings is 1. The van der Waals surface area contributed by atoms with E-state index in [4.69, 9.17) is 11.6 Å². The molecule has 1 heterocycles. The number of hydrogen-bond acceptors (Lipinski definition) is 2. The molecule has 25 heavy (non-hydrogen) atoms. The molecular weight excluding hydrogens is 332 g/mol. The first-order valence-electron chi connectivity index (χ1n) is 8.87. The number of hydrogen-bond donors (Lipinski definition) is 1. The summed E-state index contributed by atoms with van der Waals surface area (Å²) in [6, 6.07) is 14.1. The average molecular weight is 357 g/mol. The van der Waals surface area contributed by atoms with Gasteiger partial charge in [0, 0.05) is 23.8 Å². The van der Waals surface area contributed by atoms with Crippen LogP contribution in [-0.4, -0.2) is 23.9 Å². The maximum absolute atomic E-state index is 12.8. The van der Waals surface area contributed by atoms with Crippen molar-refractivity contribution >= 4 is 23.2 Å². The molecule has 1 saturated heterocycles. The van der Waals surface area contributed by atoms with Crippen LogP contribution in [0.15, 0.2) is 42.5 Å². The molecule has 2 aromatic rings. The highest BCUT2D eigenvalue weighted by molar-refractivity contribution is 6.30. The van der Waals surface area contributed by atoms with Gasteiger partial charge in [-0.3, -0.25) is 9.69 Å². The number of nitrogens with zero attached hydrogens (tertiary/aromatic N) is 1. The molecular formula is C21H25ClN2O. The Bertz CT molecular complexity index is 739. The van der Waals surface area contributed by atoms with Gasteiger partial charge in [-0.25, -0.2) is 0 Å². The fourth-order valence-corrected chi connectivity index (χ4v) is 3.76. The van der Waals surface area contributed by atoms with Gasteiger partial charge in [-0.15, -0.1) is 0 Å². The third-order valence-corrected chi connectivity index (χ3v) is 5.14. The lowest BCUT2D eigenvalue weighted by molar-refractivity contribution is -0.121. The number of para-hydroxylation sites is 1. The minimum absolute atomic E-state index is 0.0342. The van der Waals surface area contributed by atoms with Gasteiger partial charge >= 0.3 is 0 Å². The second-order valence-corrected chi connectivity index (χ2v) is 7.40. The summed E-state index contributed by atoms with van der Waals surface area (Å²) >= 11 is 6.08. The maximum atomic E-state index is 12.8. The molecule has 1 atom stereocenters. The van der Waals surface area contributed by atoms with Gasteiger partial charge < -0.3 is 5.32 Å². The van der Waals surface area contributed by atoms with E-state index in [-0.39, 0.29) is 11.8 Å². The fraction of sp³-hybridized carbons (Fsp3) is 0.381. The first kappa shape index (κ1) is 18.0. The summed E-state index contributed by atoms with van der Waals surface area (Å²) in [4.78, 5) is 15.1. The molecule has 0 aliphatic carbocycles. The molecule has 1 N–H and O–H groups in total. The number of carbonyl (C=O) groups is 1. The van der Waals surface area contributed by atoms with Gasteiger partial charge in [-0.05, 0) is 62.1 Å². The highest BCUT2D eigenvalue weighted by Gasteiger charge is 2.26. The molecule has 1 amide bonds. The van der Waals surface area contributed by atoms with Crippen LogP contribution in [0.25, 0.3) is 0 Å². The van der Waals surface area contributed by atoms with Crippen LogP contribution in [0.4, 0.5) is 5.69 Å². The Balaban J connectivity index is 1.63. The Morgan fingerprint density at radius 3 is 2.64 bits per heavy atom. The van der Waals surface area contributed by atoms with Crippen molar-refractivity contribution in [2.75, 3.05) is 18.4 Å². The number of anilines is 1. The van der Waals surface area contributed by atoms with Gasteiger partial charge in [0.2, 0.25) is 5.91 Å². The Kier molecular flexibility index (Phi) is 5.77. The van der Waals surface area contributed by atoms with Gasteiger partial charge in [-0.2, -0.15) is 0 Å². The molecule has 3 rings (SSSR count). The van der Waals surface area contributed by atoms with E-state index in [0.29, 0.717) is 0 Å². The molecule has 0 radical (unpaired) electrons. The second-order valence-electron chi connectivity index (χ2n) is 6.96. The topological polar surface area (TPSA) is 32.3 Å². The predicted molar refractivity (Wildman–Crippen MR) is 104 cm³/mol. The van der Waals surface area contributed by atoms with Crippen molar-refractivity contribution in [1.29, 1.82) is 0 Å². The molecule has 0 spiro atoms. The molecule has 4 heteroatoms. The van der Waals surface area contributed by atoms with Crippen LogP contribution in [-0.2, 0) is 11.3 Å². The highest BCUT2D eigenvalue weighted by atomic mass is 35.5. The maximum Gasteiger partial charge on any atom is 0.228 e. The van der Waals surface area contributed by atoms with Crippen LogP contribution in [0.1, 0.15) is 29.5 Å². The van der Waals surface area contributed by atoms with Crippen LogP contribution in [0, 0.1) is 19.8 Å². The van der Waals surface area contributed by atoms with E-state index in [1.165, 1.54) is 5.56 Å². The normalized spacial score (nSPS) is 18.1. The van der Waals surface area contributed by atoms with E-state index in [1.807, 2.05) is 50.2 Å². The van der Waals surface area contributed by atoms with Crippen molar-refractivity contribution in [3.63, 3.8) is 0 Å². The summed E-state index contributed by atoms with van der Waals surface area (Å²) in [6.45, 7) is 6.74. The van der Waals surface area contributed by atoms with Crippen molar-refractivity contribution in [2.45, 2.75) is 33.2 Å². The summed E-state index contributed by atoms with van der Waals surface area (Å²) in [7, 11) is 0. The van der Waals surface area contributed by atoms with Crippen molar-refractivity contribution in [2.24, 2.45) is 5.92 Å². The molecule has 0 aromatic heterocycles. The van der Waals surface area contributed by atoms with Gasteiger partial charge in [0.15, 0.2) is 0 Å². The minimum Gasteiger partial charge on any atom is -0.325 e. The molecule has 1 aliphatic rings. The van der Waals surface area contributed by atoms with E-state index < -0.39 is 0 Å². The summed E-state index contributed by atoms with van der Waals surface area (Å²) in [5, 5.41) is 3.92. The number of likely N-dealkylation sites (tertiary alicyclic amines) is 1. The van der Waals surface area contributed by atoms with Crippen LogP contribution in [0.3, 0.4) is 0 Å². The number of nitrogens with one attached hydrogen (secondary N) is 1. The second kappa shape index (κ2) is 8.03. The van der Waals surface area contributed by atoms with Crippen molar-refractivity contribution < 1.29 is 4.79 Å². The summed E-state index contributed by atoms with van der Waals surface area (Å²) in [5.74, 6) is 0.167. The Morgan fingerprint density at radius 1 is 1.20 bits per heavy atom. The van der Waals surface area contributed by atoms with E-state index in [9.17, 15) is 4.79 Å². The molecule has 3 nitrogen and oxygen atoms in total. The largest absolute Gasteiger partial charge is 0.325 e. The summed E-state index contributed by atoms with van der Waals surface area (Å²) in [5.41, 5.74) is 4.38. The van der Waals surface area contributed by atoms with Crippen molar-refractivity contribution in [1.82, 2.24) is 4.90 Å². The third kappa shape index (κ3) is 4.62. The van der Waals surface area contributed by atoms with Crippen LogP contribution in [0.5, 0.6) is 0 Å². The number of aryl methyl sites for hydroxylation is 2. The van der Waals surface area contributed by atoms with E-state index in [2.05, 4.69) is 16.3 Å². The lowest BCUT2D eigenvalue weighted by Gasteiger charge is -2.32. The zero-order valence-electron chi connectivity index (χ0n) is 14.9. The third-order valence-electron chi connectivity index (χ3n) is 4.90. The SMILES string of the molecule is Cc1cccc(C)c1NC(=O)C1CCCN(Cc2cccc(Cl)c2)C1. The standard InChI is InChI=1S/C21H25ClN2O/c1-15-6-3-7-16(2)20(15)23-21(25)18-9-5-11-24(14-18)13-17-8-4-10-19(22)12-17/h3-4,6-8,10,12,18H,5,9,11,13-14H2,1-2H3,(H,23,25). The van der Waals surface area contributed by atoms with Crippen LogP contribution in [0.2, 0.25) is 5.02 Å². The predicted octanol–water partition coefficient (Wildman–Crippen LogP) is 4.81. The summed E-state index contributed by atoms with van der Waals surface area (Å²) in [6.07, 6.45) is 1.99. The number of carbonyl (C=O) groups excluding carboxylic acids is 1. The Hall–Kier alpha value is -1.84. The minimum atomic E-state index is 0.0342. The zero-order chi connectivity index (χ0) is 17.8. The molecule has 2 aromatic carbocycles. The lowest BCUT2D eigenvalue weighted by Crippen LogP contribution is -2.40. The molecule has 1 fully saturated rings. The van der Waals surface area contributed by atoms with Crippen LogP contribution >= 0.6 is 11.6 Å². The van der Waals surface area contributed by atoms with E-state index in [0.717, 1.165) is 54.3 Å². The first-order valence-corrected chi connectivity index (χ1v) is 9.24. The highest BCUT2D eigenvalue weighted by Crippen LogP contribution is 2.24. The van der Waals surface area contributed by atoms with E-state index in [1.54, 1.807) is 0 Å². The monoisotopic (exact) mass is 356 g/mol. The molecule has 1 unspecified atom stereocenters. The smallest absolute Gasteiger partial charge is 0.228 e. The van der Waals surface area contributed by atoms with Gasteiger partial charge in [0.05, 0.1) is 5.92 Å². The zero-order valence-corrected chi connectivity index (χ0v) is 15.6. The van der Waals surface area contributed by atoms with Gasteiger partial charge in [0.25, 0.3) is 0 Å². The average Bonchev–Trinajstić information content (AvgIpc) is 2.58. The molecule has 1 aliphatic heterocycles. The quantitative estimate of drug-likeness (QED) is 0.852. The molecule has 0 saturated carbocycles. The van der Waals surface area contributed by atoms with Gasteiger partial charge in [0.1, 0.15) is 0 Å². The number of benzene rings is 2. The molecule has 132 valence electrons. The van der Waals surface area contributed by atoms with Crippen LogP contribution < -0.4 is 5.32 Å². The van der Waals surface area contributed by atoms with Crippen molar-refractivity contribution in [3.05, 3.63) is 64.2 Å². The number of rotatable bonds is 4. The fourth-order valence-electron chi connectivity index (χ4n) is 3.54. The molecule has 0 bridgehead atoms. The first-order chi connectivity index (χ1) is 12.0. The Labute approximate surface area is 155 Å². The number of amides is 1. The van der Waals surface area contributed by atoms with Crippen molar-refractivity contribution in [3.8, 4) is 0 Å². The number of halogens is 1. The summed E-state index contributed by atoms with van der Waals surface area (Å²) < 4.78 is 0. The Morgan fingerprint density at radius 2 is 1.92 bits per heavy atom.